The highest BCUT2D eigenvalue weighted by Gasteiger charge is 2.18. The first-order chi connectivity index (χ1) is 11.2. The minimum Gasteiger partial charge on any atom is -0.494 e. The van der Waals surface area contributed by atoms with Gasteiger partial charge in [0.1, 0.15) is 17.4 Å². The maximum absolute atomic E-state index is 10.8. The van der Waals surface area contributed by atoms with Crippen molar-refractivity contribution in [2.24, 2.45) is 0 Å². The van der Waals surface area contributed by atoms with Gasteiger partial charge in [-0.2, -0.15) is 5.26 Å². The molecule has 1 unspecified atom stereocenters. The Labute approximate surface area is 134 Å². The Hall–Kier alpha value is -2.74. The highest BCUT2D eigenvalue weighted by atomic mass is 16.5. The lowest BCUT2D eigenvalue weighted by Gasteiger charge is -2.10. The van der Waals surface area contributed by atoms with E-state index < -0.39 is 11.9 Å². The molecule has 118 valence electrons. The molecule has 5 nitrogen and oxygen atoms in total. The van der Waals surface area contributed by atoms with E-state index in [1.807, 2.05) is 6.07 Å². The van der Waals surface area contributed by atoms with E-state index in [1.165, 1.54) is 29.7 Å². The molecule has 1 aliphatic rings. The van der Waals surface area contributed by atoms with Crippen LogP contribution < -0.4 is 4.74 Å². The van der Waals surface area contributed by atoms with Crippen molar-refractivity contribution in [2.45, 2.75) is 31.6 Å². The fraction of sp³-hybridized carbons (Fsp3) is 0.333. The van der Waals surface area contributed by atoms with Gasteiger partial charge in [-0.15, -0.1) is 0 Å². The topological polar surface area (TPSA) is 83.5 Å². The minimum atomic E-state index is -1.14. The number of rotatable bonds is 6. The largest absolute Gasteiger partial charge is 0.494 e. The average Bonchev–Trinajstić information content (AvgIpc) is 3.20. The van der Waals surface area contributed by atoms with Crippen molar-refractivity contribution in [3.63, 3.8) is 0 Å². The summed E-state index contributed by atoms with van der Waals surface area (Å²) in [4.78, 5) is 10.8. The molecule has 0 bridgehead atoms. The van der Waals surface area contributed by atoms with E-state index >= 15 is 0 Å². The van der Waals surface area contributed by atoms with Crippen LogP contribution in [0.5, 0.6) is 5.75 Å². The van der Waals surface area contributed by atoms with Crippen LogP contribution in [0, 0.1) is 11.3 Å². The van der Waals surface area contributed by atoms with E-state index in [9.17, 15) is 10.1 Å². The number of furan rings is 1. The van der Waals surface area contributed by atoms with Gasteiger partial charge in [0.15, 0.2) is 0 Å². The van der Waals surface area contributed by atoms with Gasteiger partial charge in [0.05, 0.1) is 12.7 Å². The summed E-state index contributed by atoms with van der Waals surface area (Å²) >= 11 is 0. The molecule has 0 aliphatic heterocycles. The molecule has 1 atom stereocenters. The molecule has 5 heteroatoms. The number of carboxylic acids is 1. The molecule has 0 fully saturated rings. The van der Waals surface area contributed by atoms with Crippen LogP contribution in [0.3, 0.4) is 0 Å². The number of ether oxygens (including phenoxy) is 1. The Morgan fingerprint density at radius 2 is 2.13 bits per heavy atom. The van der Waals surface area contributed by atoms with Crippen molar-refractivity contribution in [1.82, 2.24) is 0 Å². The number of carboxylic acid groups (broad SMARTS) is 1. The normalized spacial score (nSPS) is 14.0. The molecule has 23 heavy (non-hydrogen) atoms. The van der Waals surface area contributed by atoms with Gasteiger partial charge in [-0.25, -0.2) is 4.79 Å². The summed E-state index contributed by atoms with van der Waals surface area (Å²) in [7, 11) is 0. The average molecular weight is 311 g/mol. The van der Waals surface area contributed by atoms with Crippen LogP contribution in [0.25, 0.3) is 0 Å². The summed E-state index contributed by atoms with van der Waals surface area (Å²) in [5.41, 5.74) is 2.74. The predicted molar refractivity (Wildman–Crippen MR) is 82.6 cm³/mol. The molecule has 1 heterocycles. The lowest BCUT2D eigenvalue weighted by Crippen LogP contribution is -2.04. The molecule has 0 spiro atoms. The van der Waals surface area contributed by atoms with Crippen molar-refractivity contribution >= 4 is 5.97 Å². The fourth-order valence-electron chi connectivity index (χ4n) is 2.86. The maximum Gasteiger partial charge on any atom is 0.371 e. The van der Waals surface area contributed by atoms with Gasteiger partial charge in [-0.3, -0.25) is 0 Å². The molecule has 2 aromatic rings. The van der Waals surface area contributed by atoms with Crippen LogP contribution in [0.4, 0.5) is 0 Å². The van der Waals surface area contributed by atoms with Gasteiger partial charge in [0.25, 0.3) is 0 Å². The second-order valence-corrected chi connectivity index (χ2v) is 5.61. The van der Waals surface area contributed by atoms with E-state index in [0.717, 1.165) is 18.6 Å². The zero-order valence-corrected chi connectivity index (χ0v) is 12.6. The number of hydrogen-bond acceptors (Lipinski definition) is 4. The highest BCUT2D eigenvalue weighted by Crippen LogP contribution is 2.27. The summed E-state index contributed by atoms with van der Waals surface area (Å²) in [5.74, 6) is -0.630. The Morgan fingerprint density at radius 3 is 2.87 bits per heavy atom. The van der Waals surface area contributed by atoms with Crippen molar-refractivity contribution in [2.75, 3.05) is 6.61 Å². The summed E-state index contributed by atoms with van der Waals surface area (Å²) in [5, 5.41) is 18.1. The number of hydrogen-bond donors (Lipinski definition) is 1. The van der Waals surface area contributed by atoms with Gasteiger partial charge in [-0.1, -0.05) is 6.07 Å². The number of nitrogens with zero attached hydrogens (tertiary/aromatic N) is 1. The molecule has 3 rings (SSSR count). The lowest BCUT2D eigenvalue weighted by atomic mass is 10.1. The van der Waals surface area contributed by atoms with Crippen LogP contribution in [0.1, 0.15) is 46.2 Å². The summed E-state index contributed by atoms with van der Waals surface area (Å²) < 4.78 is 10.9. The molecule has 0 amide bonds. The summed E-state index contributed by atoms with van der Waals surface area (Å²) in [6.07, 6.45) is 3.87. The van der Waals surface area contributed by atoms with Crippen LogP contribution in [-0.2, 0) is 12.8 Å². The second-order valence-electron chi connectivity index (χ2n) is 5.61. The smallest absolute Gasteiger partial charge is 0.371 e. The zero-order chi connectivity index (χ0) is 16.2. The van der Waals surface area contributed by atoms with E-state index in [1.54, 1.807) is 0 Å². The highest BCUT2D eigenvalue weighted by molar-refractivity contribution is 5.84. The van der Waals surface area contributed by atoms with Crippen molar-refractivity contribution in [3.8, 4) is 11.8 Å². The second kappa shape index (κ2) is 6.57. The standard InChI is InChI=1S/C18H17NO4/c19-11-14(16-6-7-17(23-16)18(20)21)8-9-22-15-5-4-12-2-1-3-13(12)10-15/h4-7,10,14H,1-3,8-9H2,(H,20,21). The van der Waals surface area contributed by atoms with E-state index in [4.69, 9.17) is 14.3 Å². The van der Waals surface area contributed by atoms with Crippen LogP contribution in [0.15, 0.2) is 34.7 Å². The molecular weight excluding hydrogens is 294 g/mol. The number of aromatic carboxylic acids is 1. The number of carbonyl (C=O) groups is 1. The lowest BCUT2D eigenvalue weighted by molar-refractivity contribution is 0.0660. The van der Waals surface area contributed by atoms with Crippen molar-refractivity contribution in [1.29, 1.82) is 5.26 Å². The number of nitriles is 1. The van der Waals surface area contributed by atoms with Crippen LogP contribution in [-0.4, -0.2) is 17.7 Å². The third-order valence-corrected chi connectivity index (χ3v) is 4.08. The Kier molecular flexibility index (Phi) is 4.33. The third-order valence-electron chi connectivity index (χ3n) is 4.08. The fourth-order valence-corrected chi connectivity index (χ4v) is 2.86. The minimum absolute atomic E-state index is 0.153. The number of fused-ring (bicyclic) bond motifs is 1. The van der Waals surface area contributed by atoms with Crippen molar-refractivity contribution in [3.05, 3.63) is 53.0 Å². The monoisotopic (exact) mass is 311 g/mol. The van der Waals surface area contributed by atoms with E-state index in [2.05, 4.69) is 18.2 Å². The predicted octanol–water partition coefficient (Wildman–Crippen LogP) is 3.54. The van der Waals surface area contributed by atoms with Gasteiger partial charge >= 0.3 is 5.97 Å². The summed E-state index contributed by atoms with van der Waals surface area (Å²) in [6, 6.07) is 11.2. The van der Waals surface area contributed by atoms with E-state index in [-0.39, 0.29) is 5.76 Å². The molecular formula is C18H17NO4. The molecule has 1 aromatic heterocycles. The first-order valence-electron chi connectivity index (χ1n) is 7.64. The Balaban J connectivity index is 1.58. The molecule has 0 radical (unpaired) electrons. The van der Waals surface area contributed by atoms with Gasteiger partial charge < -0.3 is 14.3 Å². The first kappa shape index (κ1) is 15.2. The number of benzene rings is 1. The zero-order valence-electron chi connectivity index (χ0n) is 12.6. The molecule has 0 saturated heterocycles. The molecule has 1 N–H and O–H groups in total. The third kappa shape index (κ3) is 3.37. The Bertz CT molecular complexity index is 757. The molecule has 0 saturated carbocycles. The van der Waals surface area contributed by atoms with E-state index in [0.29, 0.717) is 18.8 Å². The molecule has 1 aromatic carbocycles. The van der Waals surface area contributed by atoms with Gasteiger partial charge in [-0.05, 0) is 54.7 Å². The van der Waals surface area contributed by atoms with Crippen LogP contribution in [0.2, 0.25) is 0 Å². The molecule has 1 aliphatic carbocycles. The SMILES string of the molecule is N#CC(CCOc1ccc2c(c1)CCC2)c1ccc(C(=O)O)o1. The quantitative estimate of drug-likeness (QED) is 0.882. The summed E-state index contributed by atoms with van der Waals surface area (Å²) in [6.45, 7) is 0.375. The first-order valence-corrected chi connectivity index (χ1v) is 7.64. The maximum atomic E-state index is 10.8. The van der Waals surface area contributed by atoms with Crippen LogP contribution >= 0.6 is 0 Å². The van der Waals surface area contributed by atoms with Gasteiger partial charge in [0, 0.05) is 6.42 Å². The van der Waals surface area contributed by atoms with Gasteiger partial charge in [0.2, 0.25) is 5.76 Å². The Morgan fingerprint density at radius 1 is 1.30 bits per heavy atom. The number of aryl methyl sites for hydroxylation is 2. The van der Waals surface area contributed by atoms with Crippen molar-refractivity contribution < 1.29 is 19.1 Å².